The lowest BCUT2D eigenvalue weighted by Crippen LogP contribution is -2.48. The maximum atomic E-state index is 5.49. The molecule has 13 heavy (non-hydrogen) atoms. The average molecular weight is 186 g/mol. The highest BCUT2D eigenvalue weighted by Gasteiger charge is 2.17. The Kier molecular flexibility index (Phi) is 4.70. The SMILES string of the molecule is CC(C)OCCN(C)CC1CNC1. The van der Waals surface area contributed by atoms with Gasteiger partial charge in [-0.3, -0.25) is 0 Å². The van der Waals surface area contributed by atoms with E-state index in [1.165, 1.54) is 19.6 Å². The molecule has 0 spiro atoms. The summed E-state index contributed by atoms with van der Waals surface area (Å²) in [5.41, 5.74) is 0. The van der Waals surface area contributed by atoms with Crippen LogP contribution in [-0.4, -0.2) is 50.8 Å². The van der Waals surface area contributed by atoms with E-state index in [1.807, 2.05) is 0 Å². The van der Waals surface area contributed by atoms with Crippen LogP contribution in [0.1, 0.15) is 13.8 Å². The van der Waals surface area contributed by atoms with Crippen LogP contribution >= 0.6 is 0 Å². The molecule has 0 aromatic carbocycles. The third kappa shape index (κ3) is 4.60. The molecule has 0 atom stereocenters. The number of nitrogens with one attached hydrogen (secondary N) is 1. The first-order valence-corrected chi connectivity index (χ1v) is 5.19. The summed E-state index contributed by atoms with van der Waals surface area (Å²) in [7, 11) is 2.17. The zero-order chi connectivity index (χ0) is 9.68. The molecule has 0 aromatic heterocycles. The van der Waals surface area contributed by atoms with Crippen molar-refractivity contribution >= 4 is 0 Å². The van der Waals surface area contributed by atoms with Crippen molar-refractivity contribution in [3.05, 3.63) is 0 Å². The van der Waals surface area contributed by atoms with Crippen LogP contribution in [0, 0.1) is 5.92 Å². The van der Waals surface area contributed by atoms with Gasteiger partial charge in [-0.2, -0.15) is 0 Å². The van der Waals surface area contributed by atoms with Gasteiger partial charge in [-0.15, -0.1) is 0 Å². The zero-order valence-corrected chi connectivity index (χ0v) is 9.05. The van der Waals surface area contributed by atoms with Crippen molar-refractivity contribution in [1.82, 2.24) is 10.2 Å². The van der Waals surface area contributed by atoms with Gasteiger partial charge in [0.25, 0.3) is 0 Å². The minimum absolute atomic E-state index is 0.360. The molecule has 1 fully saturated rings. The summed E-state index contributed by atoms with van der Waals surface area (Å²) in [5, 5.41) is 3.28. The van der Waals surface area contributed by atoms with Crippen molar-refractivity contribution < 1.29 is 4.74 Å². The largest absolute Gasteiger partial charge is 0.377 e. The summed E-state index contributed by atoms with van der Waals surface area (Å²) >= 11 is 0. The van der Waals surface area contributed by atoms with Crippen LogP contribution in [0.4, 0.5) is 0 Å². The third-order valence-corrected chi connectivity index (χ3v) is 2.36. The molecule has 0 radical (unpaired) electrons. The second-order valence-electron chi connectivity index (χ2n) is 4.21. The van der Waals surface area contributed by atoms with Gasteiger partial charge in [0.15, 0.2) is 0 Å². The van der Waals surface area contributed by atoms with Gasteiger partial charge in [-0.25, -0.2) is 0 Å². The van der Waals surface area contributed by atoms with E-state index >= 15 is 0 Å². The monoisotopic (exact) mass is 186 g/mol. The Bertz CT molecular complexity index is 135. The van der Waals surface area contributed by atoms with E-state index in [-0.39, 0.29) is 0 Å². The van der Waals surface area contributed by atoms with Gasteiger partial charge in [-0.05, 0) is 26.8 Å². The molecule has 0 unspecified atom stereocenters. The Hall–Kier alpha value is -0.120. The molecular formula is C10H22N2O. The summed E-state index contributed by atoms with van der Waals surface area (Å²) in [6.45, 7) is 9.65. The molecule has 0 aliphatic carbocycles. The van der Waals surface area contributed by atoms with E-state index in [2.05, 4.69) is 31.1 Å². The molecule has 1 aliphatic rings. The van der Waals surface area contributed by atoms with Gasteiger partial charge in [-0.1, -0.05) is 0 Å². The molecule has 3 heteroatoms. The minimum Gasteiger partial charge on any atom is -0.377 e. The third-order valence-electron chi connectivity index (χ3n) is 2.36. The van der Waals surface area contributed by atoms with E-state index < -0.39 is 0 Å². The molecule has 0 bridgehead atoms. The molecule has 3 nitrogen and oxygen atoms in total. The quantitative estimate of drug-likeness (QED) is 0.656. The molecule has 1 saturated heterocycles. The van der Waals surface area contributed by atoms with Crippen molar-refractivity contribution in [3.63, 3.8) is 0 Å². The van der Waals surface area contributed by atoms with Crippen LogP contribution in [0.15, 0.2) is 0 Å². The molecule has 1 N–H and O–H groups in total. The summed E-state index contributed by atoms with van der Waals surface area (Å²) in [5.74, 6) is 0.865. The lowest BCUT2D eigenvalue weighted by Gasteiger charge is -2.31. The minimum atomic E-state index is 0.360. The number of ether oxygens (including phenoxy) is 1. The fraction of sp³-hybridized carbons (Fsp3) is 1.00. The number of hydrogen-bond acceptors (Lipinski definition) is 3. The maximum Gasteiger partial charge on any atom is 0.0596 e. The van der Waals surface area contributed by atoms with Crippen molar-refractivity contribution in [2.24, 2.45) is 5.92 Å². The second-order valence-corrected chi connectivity index (χ2v) is 4.21. The van der Waals surface area contributed by atoms with Crippen LogP contribution in [0.3, 0.4) is 0 Å². The topological polar surface area (TPSA) is 24.5 Å². The Morgan fingerprint density at radius 3 is 2.62 bits per heavy atom. The summed E-state index contributed by atoms with van der Waals surface area (Å²) in [6.07, 6.45) is 0.360. The normalized spacial score (nSPS) is 18.2. The van der Waals surface area contributed by atoms with Crippen LogP contribution < -0.4 is 5.32 Å². The Labute approximate surface area is 81.4 Å². The van der Waals surface area contributed by atoms with E-state index in [4.69, 9.17) is 4.74 Å². The Morgan fingerprint density at radius 2 is 2.15 bits per heavy atom. The summed E-state index contributed by atoms with van der Waals surface area (Å²) < 4.78 is 5.49. The molecule has 1 aliphatic heterocycles. The molecular weight excluding hydrogens is 164 g/mol. The number of likely N-dealkylation sites (N-methyl/N-ethyl adjacent to an activating group) is 1. The lowest BCUT2D eigenvalue weighted by molar-refractivity contribution is 0.0594. The molecule has 78 valence electrons. The Morgan fingerprint density at radius 1 is 1.46 bits per heavy atom. The highest BCUT2D eigenvalue weighted by Crippen LogP contribution is 2.04. The molecule has 0 amide bonds. The maximum absolute atomic E-state index is 5.49. The van der Waals surface area contributed by atoms with Gasteiger partial charge in [0.1, 0.15) is 0 Å². The first-order chi connectivity index (χ1) is 6.18. The van der Waals surface area contributed by atoms with Crippen molar-refractivity contribution in [1.29, 1.82) is 0 Å². The van der Waals surface area contributed by atoms with Crippen molar-refractivity contribution in [2.45, 2.75) is 20.0 Å². The van der Waals surface area contributed by atoms with E-state index in [0.29, 0.717) is 6.10 Å². The van der Waals surface area contributed by atoms with Gasteiger partial charge in [0.2, 0.25) is 0 Å². The Balaban J connectivity index is 1.93. The van der Waals surface area contributed by atoms with Gasteiger partial charge in [0, 0.05) is 26.2 Å². The van der Waals surface area contributed by atoms with Crippen LogP contribution in [0.5, 0.6) is 0 Å². The van der Waals surface area contributed by atoms with Gasteiger partial charge in [0.05, 0.1) is 12.7 Å². The predicted octanol–water partition coefficient (Wildman–Crippen LogP) is 0.563. The fourth-order valence-corrected chi connectivity index (χ4v) is 1.45. The highest BCUT2D eigenvalue weighted by atomic mass is 16.5. The fourth-order valence-electron chi connectivity index (χ4n) is 1.45. The summed E-state index contributed by atoms with van der Waals surface area (Å²) in [4.78, 5) is 2.36. The smallest absolute Gasteiger partial charge is 0.0596 e. The van der Waals surface area contributed by atoms with Crippen molar-refractivity contribution in [2.75, 3.05) is 39.8 Å². The molecule has 0 saturated carbocycles. The van der Waals surface area contributed by atoms with Crippen LogP contribution in [-0.2, 0) is 4.74 Å². The van der Waals surface area contributed by atoms with E-state index in [1.54, 1.807) is 0 Å². The highest BCUT2D eigenvalue weighted by molar-refractivity contribution is 4.76. The lowest BCUT2D eigenvalue weighted by atomic mass is 10.0. The van der Waals surface area contributed by atoms with E-state index in [0.717, 1.165) is 19.1 Å². The standard InChI is InChI=1S/C10H22N2O/c1-9(2)13-5-4-12(3)8-10-6-11-7-10/h9-11H,4-8H2,1-3H3. The first kappa shape index (κ1) is 11.0. The zero-order valence-electron chi connectivity index (χ0n) is 9.05. The number of rotatable bonds is 6. The van der Waals surface area contributed by atoms with Crippen LogP contribution in [0.2, 0.25) is 0 Å². The van der Waals surface area contributed by atoms with Gasteiger partial charge >= 0.3 is 0 Å². The van der Waals surface area contributed by atoms with Crippen molar-refractivity contribution in [3.8, 4) is 0 Å². The first-order valence-electron chi connectivity index (χ1n) is 5.19. The molecule has 1 heterocycles. The van der Waals surface area contributed by atoms with E-state index in [9.17, 15) is 0 Å². The summed E-state index contributed by atoms with van der Waals surface area (Å²) in [6, 6.07) is 0. The van der Waals surface area contributed by atoms with Crippen LogP contribution in [0.25, 0.3) is 0 Å². The average Bonchev–Trinajstić information content (AvgIpc) is 1.96. The van der Waals surface area contributed by atoms with Gasteiger partial charge < -0.3 is 15.0 Å². The molecule has 1 rings (SSSR count). The predicted molar refractivity (Wildman–Crippen MR) is 54.9 cm³/mol. The number of nitrogens with zero attached hydrogens (tertiary/aromatic N) is 1. The second kappa shape index (κ2) is 5.58. The number of hydrogen-bond donors (Lipinski definition) is 1. The molecule has 0 aromatic rings.